The van der Waals surface area contributed by atoms with Gasteiger partial charge in [-0.05, 0) is 50.4 Å². The molecule has 158 valence electrons. The van der Waals surface area contributed by atoms with Gasteiger partial charge in [-0.1, -0.05) is 0 Å². The van der Waals surface area contributed by atoms with Crippen molar-refractivity contribution >= 4 is 10.9 Å². The van der Waals surface area contributed by atoms with Gasteiger partial charge in [-0.25, -0.2) is 4.79 Å². The number of nitrogens with one attached hydrogen (secondary N) is 1. The van der Waals surface area contributed by atoms with Crippen molar-refractivity contribution in [2.75, 3.05) is 40.0 Å². The number of hydrogen-bond donors (Lipinski definition) is 2. The van der Waals surface area contributed by atoms with Crippen molar-refractivity contribution in [3.63, 3.8) is 0 Å². The van der Waals surface area contributed by atoms with Crippen LogP contribution in [0.1, 0.15) is 19.3 Å². The molecule has 2 N–H and O–H groups in total. The lowest BCUT2D eigenvalue weighted by atomic mass is 9.93. The lowest BCUT2D eigenvalue weighted by molar-refractivity contribution is -0.0662. The number of rotatable bonds is 6. The number of aromatic nitrogens is 2. The van der Waals surface area contributed by atoms with E-state index >= 15 is 0 Å². The third kappa shape index (κ3) is 4.17. The van der Waals surface area contributed by atoms with Gasteiger partial charge < -0.3 is 24.3 Å². The molecule has 0 aliphatic carbocycles. The summed E-state index contributed by atoms with van der Waals surface area (Å²) in [5.41, 5.74) is -0.646. The maximum atomic E-state index is 12.8. The van der Waals surface area contributed by atoms with E-state index in [2.05, 4.69) is 9.88 Å². The van der Waals surface area contributed by atoms with E-state index in [1.807, 2.05) is 0 Å². The minimum atomic E-state index is -0.492. The van der Waals surface area contributed by atoms with Crippen LogP contribution in [0.3, 0.4) is 0 Å². The average molecular weight is 405 g/mol. The Morgan fingerprint density at radius 1 is 1.21 bits per heavy atom. The summed E-state index contributed by atoms with van der Waals surface area (Å²) in [7, 11) is 1.42. The van der Waals surface area contributed by atoms with E-state index < -0.39 is 11.2 Å². The summed E-state index contributed by atoms with van der Waals surface area (Å²) in [4.78, 5) is 30.3. The van der Waals surface area contributed by atoms with Crippen LogP contribution in [0.15, 0.2) is 21.7 Å². The molecule has 1 aromatic heterocycles. The zero-order chi connectivity index (χ0) is 20.4. The Morgan fingerprint density at radius 2 is 1.93 bits per heavy atom. The van der Waals surface area contributed by atoms with Crippen LogP contribution in [0.2, 0.25) is 0 Å². The maximum absolute atomic E-state index is 12.8. The normalized spacial score (nSPS) is 19.2. The summed E-state index contributed by atoms with van der Waals surface area (Å²) >= 11 is 0. The number of nitrogens with zero attached hydrogens (tertiary/aromatic N) is 2. The fourth-order valence-corrected chi connectivity index (χ4v) is 4.16. The highest BCUT2D eigenvalue weighted by Gasteiger charge is 2.24. The van der Waals surface area contributed by atoms with Crippen molar-refractivity contribution < 1.29 is 19.3 Å². The van der Waals surface area contributed by atoms with Crippen molar-refractivity contribution in [2.45, 2.75) is 32.1 Å². The molecule has 9 nitrogen and oxygen atoms in total. The highest BCUT2D eigenvalue weighted by atomic mass is 16.7. The van der Waals surface area contributed by atoms with Gasteiger partial charge in [-0.2, -0.15) is 0 Å². The van der Waals surface area contributed by atoms with Gasteiger partial charge in [0.05, 0.1) is 25.8 Å². The smallest absolute Gasteiger partial charge is 0.328 e. The molecule has 2 saturated heterocycles. The first-order chi connectivity index (χ1) is 14.1. The van der Waals surface area contributed by atoms with E-state index in [1.54, 1.807) is 6.07 Å². The van der Waals surface area contributed by atoms with Crippen LogP contribution in [0.5, 0.6) is 11.5 Å². The Balaban J connectivity index is 1.41. The van der Waals surface area contributed by atoms with Gasteiger partial charge in [0.2, 0.25) is 0 Å². The zero-order valence-corrected chi connectivity index (χ0v) is 16.6. The molecular weight excluding hydrogens is 378 g/mol. The van der Waals surface area contributed by atoms with Crippen molar-refractivity contribution in [2.24, 2.45) is 5.92 Å². The molecule has 3 heterocycles. The molecule has 0 atom stereocenters. The molecule has 2 aliphatic heterocycles. The molecule has 0 amide bonds. The molecule has 9 heteroatoms. The number of phenolic OH excluding ortho intramolecular Hbond substituents is 1. The number of methoxy groups -OCH3 is 1. The number of aromatic amines is 1. The summed E-state index contributed by atoms with van der Waals surface area (Å²) in [5, 5.41) is 10.4. The lowest BCUT2D eigenvalue weighted by Gasteiger charge is -2.32. The number of aromatic hydroxyl groups is 1. The topological polar surface area (TPSA) is 106 Å². The SMILES string of the molecule is COc1ccc2[nH]c(=O)n(CCC3CCN(CC4OCCO4)CC3)c(=O)c2c1O. The van der Waals surface area contributed by atoms with Crippen molar-refractivity contribution in [3.8, 4) is 11.5 Å². The highest BCUT2D eigenvalue weighted by Crippen LogP contribution is 2.30. The number of likely N-dealkylation sites (tertiary alicyclic amines) is 1. The minimum absolute atomic E-state index is 0.0790. The first-order valence-electron chi connectivity index (χ1n) is 10.0. The van der Waals surface area contributed by atoms with Crippen LogP contribution in [-0.4, -0.2) is 65.8 Å². The number of benzene rings is 1. The summed E-state index contributed by atoms with van der Waals surface area (Å²) in [5.74, 6) is 0.401. The van der Waals surface area contributed by atoms with E-state index in [9.17, 15) is 14.7 Å². The van der Waals surface area contributed by atoms with Gasteiger partial charge in [0, 0.05) is 13.1 Å². The average Bonchev–Trinajstić information content (AvgIpc) is 3.22. The van der Waals surface area contributed by atoms with Crippen LogP contribution in [0.25, 0.3) is 10.9 Å². The van der Waals surface area contributed by atoms with E-state index in [-0.39, 0.29) is 23.2 Å². The van der Waals surface area contributed by atoms with Gasteiger partial charge in [0.1, 0.15) is 5.39 Å². The van der Waals surface area contributed by atoms with Gasteiger partial charge in [-0.3, -0.25) is 14.3 Å². The van der Waals surface area contributed by atoms with Gasteiger partial charge in [-0.15, -0.1) is 0 Å². The van der Waals surface area contributed by atoms with E-state index in [0.29, 0.717) is 31.2 Å². The Bertz CT molecular complexity index is 971. The third-order valence-corrected chi connectivity index (χ3v) is 5.87. The Morgan fingerprint density at radius 3 is 2.62 bits per heavy atom. The molecule has 0 bridgehead atoms. The predicted octanol–water partition coefficient (Wildman–Crippen LogP) is 0.879. The molecule has 4 rings (SSSR count). The van der Waals surface area contributed by atoms with Crippen LogP contribution in [0.4, 0.5) is 0 Å². The van der Waals surface area contributed by atoms with Crippen LogP contribution in [0, 0.1) is 5.92 Å². The molecular formula is C20H27N3O6. The van der Waals surface area contributed by atoms with Crippen molar-refractivity contribution in [3.05, 3.63) is 33.0 Å². The zero-order valence-electron chi connectivity index (χ0n) is 16.6. The first kappa shape index (κ1) is 19.9. The Kier molecular flexibility index (Phi) is 5.89. The molecule has 0 saturated carbocycles. The van der Waals surface area contributed by atoms with Crippen molar-refractivity contribution in [1.29, 1.82) is 0 Å². The predicted molar refractivity (Wildman–Crippen MR) is 107 cm³/mol. The fraction of sp³-hybridized carbons (Fsp3) is 0.600. The second-order valence-corrected chi connectivity index (χ2v) is 7.63. The van der Waals surface area contributed by atoms with Crippen LogP contribution < -0.4 is 16.0 Å². The quantitative estimate of drug-likeness (QED) is 0.735. The number of hydrogen-bond acceptors (Lipinski definition) is 7. The van der Waals surface area contributed by atoms with Crippen LogP contribution in [-0.2, 0) is 16.0 Å². The van der Waals surface area contributed by atoms with Gasteiger partial charge in [0.25, 0.3) is 5.56 Å². The highest BCUT2D eigenvalue weighted by molar-refractivity contribution is 5.86. The van der Waals surface area contributed by atoms with E-state index in [0.717, 1.165) is 38.9 Å². The second-order valence-electron chi connectivity index (χ2n) is 7.63. The minimum Gasteiger partial charge on any atom is -0.504 e. The molecule has 0 radical (unpaired) electrons. The van der Waals surface area contributed by atoms with E-state index in [4.69, 9.17) is 14.2 Å². The Hall–Kier alpha value is -2.36. The van der Waals surface area contributed by atoms with Crippen LogP contribution >= 0.6 is 0 Å². The number of piperidine rings is 1. The number of phenols is 1. The molecule has 0 spiro atoms. The molecule has 2 aliphatic rings. The first-order valence-corrected chi connectivity index (χ1v) is 10.0. The summed E-state index contributed by atoms with van der Waals surface area (Å²) in [6.45, 7) is 4.34. The maximum Gasteiger partial charge on any atom is 0.328 e. The third-order valence-electron chi connectivity index (χ3n) is 5.87. The monoisotopic (exact) mass is 405 g/mol. The number of H-pyrrole nitrogens is 1. The summed E-state index contributed by atoms with van der Waals surface area (Å²) < 4.78 is 17.3. The molecule has 0 unspecified atom stereocenters. The Labute approximate surface area is 167 Å². The molecule has 2 aromatic rings. The van der Waals surface area contributed by atoms with Crippen molar-refractivity contribution in [1.82, 2.24) is 14.5 Å². The lowest BCUT2D eigenvalue weighted by Crippen LogP contribution is -2.40. The summed E-state index contributed by atoms with van der Waals surface area (Å²) in [6, 6.07) is 3.08. The molecule has 1 aromatic carbocycles. The van der Waals surface area contributed by atoms with Gasteiger partial charge in [0.15, 0.2) is 17.8 Å². The molecule has 29 heavy (non-hydrogen) atoms. The second kappa shape index (κ2) is 8.56. The number of fused-ring (bicyclic) bond motifs is 1. The molecule has 2 fully saturated rings. The van der Waals surface area contributed by atoms with Gasteiger partial charge >= 0.3 is 5.69 Å². The largest absolute Gasteiger partial charge is 0.504 e. The fourth-order valence-electron chi connectivity index (χ4n) is 4.16. The van der Waals surface area contributed by atoms with E-state index in [1.165, 1.54) is 17.7 Å². The number of ether oxygens (including phenoxy) is 3. The summed E-state index contributed by atoms with van der Waals surface area (Å²) in [6.07, 6.45) is 2.63. The standard InChI is InChI=1S/C20H27N3O6/c1-27-15-3-2-14-17(18(15)24)19(25)23(20(26)21-14)9-6-13-4-7-22(8-5-13)12-16-28-10-11-29-16/h2-3,13,16,24H,4-12H2,1H3,(H,21,26).